The fraction of sp³-hybridized carbons (Fsp3) is 0.250. The Morgan fingerprint density at radius 2 is 2.14 bits per heavy atom. The molecule has 3 nitrogen and oxygen atoms in total. The van der Waals surface area contributed by atoms with Gasteiger partial charge in [-0.1, -0.05) is 35.0 Å². The van der Waals surface area contributed by atoms with Gasteiger partial charge in [-0.05, 0) is 24.1 Å². The second kappa shape index (κ2) is 6.64. The number of hydrogen-bond acceptors (Lipinski definition) is 4. The van der Waals surface area contributed by atoms with Crippen molar-refractivity contribution in [2.45, 2.75) is 25.9 Å². The Kier molecular flexibility index (Phi) is 4.63. The summed E-state index contributed by atoms with van der Waals surface area (Å²) in [6.07, 6.45) is 4.73. The van der Waals surface area contributed by atoms with Crippen molar-refractivity contribution in [3.63, 3.8) is 0 Å². The van der Waals surface area contributed by atoms with Crippen LogP contribution in [0, 0.1) is 0 Å². The van der Waals surface area contributed by atoms with Crippen molar-refractivity contribution < 1.29 is 0 Å². The van der Waals surface area contributed by atoms with Gasteiger partial charge in [0.05, 0.1) is 11.6 Å². The van der Waals surface area contributed by atoms with E-state index in [1.165, 1.54) is 5.56 Å². The normalized spacial score (nSPS) is 12.7. The number of nitrogens with one attached hydrogen (secondary N) is 1. The lowest BCUT2D eigenvalue weighted by molar-refractivity contribution is 0.517. The van der Waals surface area contributed by atoms with Gasteiger partial charge < -0.3 is 5.32 Å². The minimum absolute atomic E-state index is 0.299. The molecule has 1 aromatic carbocycles. The molecular formula is C16H16BrN3S. The number of thiazole rings is 1. The number of rotatable bonds is 5. The predicted octanol–water partition coefficient (Wildman–Crippen LogP) is 4.69. The van der Waals surface area contributed by atoms with Crippen LogP contribution in [0.5, 0.6) is 0 Å². The first-order chi connectivity index (χ1) is 10.3. The molecule has 0 spiro atoms. The fourth-order valence-electron chi connectivity index (χ4n) is 2.39. The van der Waals surface area contributed by atoms with Crippen LogP contribution < -0.4 is 5.32 Å². The Morgan fingerprint density at radius 1 is 1.24 bits per heavy atom. The number of benzene rings is 1. The van der Waals surface area contributed by atoms with Gasteiger partial charge in [0.25, 0.3) is 0 Å². The van der Waals surface area contributed by atoms with E-state index in [-0.39, 0.29) is 0 Å². The molecule has 0 saturated carbocycles. The van der Waals surface area contributed by atoms with E-state index in [2.05, 4.69) is 56.3 Å². The molecule has 1 unspecified atom stereocenters. The van der Waals surface area contributed by atoms with Gasteiger partial charge in [0, 0.05) is 34.2 Å². The van der Waals surface area contributed by atoms with Gasteiger partial charge in [-0.25, -0.2) is 4.98 Å². The van der Waals surface area contributed by atoms with Crippen LogP contribution in [0.2, 0.25) is 0 Å². The monoisotopic (exact) mass is 361 g/mol. The Labute approximate surface area is 136 Å². The summed E-state index contributed by atoms with van der Waals surface area (Å²) in [4.78, 5) is 8.93. The molecule has 3 rings (SSSR count). The highest BCUT2D eigenvalue weighted by Crippen LogP contribution is 2.26. The molecule has 0 amide bonds. The van der Waals surface area contributed by atoms with Crippen molar-refractivity contribution in [1.29, 1.82) is 0 Å². The van der Waals surface area contributed by atoms with Crippen molar-refractivity contribution in [3.8, 4) is 0 Å². The molecule has 2 aromatic heterocycles. The summed E-state index contributed by atoms with van der Waals surface area (Å²) in [5.74, 6) is 0. The minimum Gasteiger partial charge on any atom is -0.304 e. The zero-order chi connectivity index (χ0) is 14.7. The zero-order valence-corrected chi connectivity index (χ0v) is 14.1. The van der Waals surface area contributed by atoms with Gasteiger partial charge >= 0.3 is 0 Å². The number of fused-ring (bicyclic) bond motifs is 1. The minimum atomic E-state index is 0.299. The van der Waals surface area contributed by atoms with Gasteiger partial charge in [0.15, 0.2) is 0 Å². The molecule has 1 N–H and O–H groups in total. The maximum atomic E-state index is 4.53. The van der Waals surface area contributed by atoms with E-state index in [0.29, 0.717) is 6.04 Å². The summed E-state index contributed by atoms with van der Waals surface area (Å²) in [5.41, 5.74) is 2.26. The molecule has 1 atom stereocenters. The number of halogens is 1. The molecule has 0 radical (unpaired) electrons. The van der Waals surface area contributed by atoms with Crippen LogP contribution >= 0.6 is 27.3 Å². The van der Waals surface area contributed by atoms with Crippen LogP contribution in [0.4, 0.5) is 0 Å². The fourth-order valence-corrected chi connectivity index (χ4v) is 3.63. The molecule has 2 heterocycles. The average Bonchev–Trinajstić information content (AvgIpc) is 3.04. The van der Waals surface area contributed by atoms with Crippen molar-refractivity contribution in [2.24, 2.45) is 0 Å². The lowest BCUT2D eigenvalue weighted by Crippen LogP contribution is -2.20. The van der Waals surface area contributed by atoms with Crippen molar-refractivity contribution in [2.75, 3.05) is 0 Å². The third-order valence-electron chi connectivity index (χ3n) is 3.50. The lowest BCUT2D eigenvalue weighted by atomic mass is 10.1. The Balaban J connectivity index is 1.84. The lowest BCUT2D eigenvalue weighted by Gasteiger charge is -2.15. The second-order valence-electron chi connectivity index (χ2n) is 4.82. The average molecular weight is 362 g/mol. The molecule has 21 heavy (non-hydrogen) atoms. The van der Waals surface area contributed by atoms with Crippen molar-refractivity contribution >= 4 is 38.2 Å². The number of nitrogens with zero attached hydrogens (tertiary/aromatic N) is 2. The SMILES string of the molecule is CCC(NCc1ccc(Br)c2cccnc12)c1nccs1. The highest BCUT2D eigenvalue weighted by Gasteiger charge is 2.12. The van der Waals surface area contributed by atoms with E-state index in [0.717, 1.165) is 33.3 Å². The van der Waals surface area contributed by atoms with Crippen LogP contribution in [0.15, 0.2) is 46.5 Å². The quantitative estimate of drug-likeness (QED) is 0.715. The molecule has 3 aromatic rings. The van der Waals surface area contributed by atoms with Crippen LogP contribution in [-0.2, 0) is 6.54 Å². The first-order valence-corrected chi connectivity index (χ1v) is 8.61. The van der Waals surface area contributed by atoms with E-state index < -0.39 is 0 Å². The molecule has 108 valence electrons. The topological polar surface area (TPSA) is 37.8 Å². The van der Waals surface area contributed by atoms with E-state index in [1.54, 1.807) is 11.3 Å². The summed E-state index contributed by atoms with van der Waals surface area (Å²) in [7, 11) is 0. The largest absolute Gasteiger partial charge is 0.304 e. The van der Waals surface area contributed by atoms with E-state index in [1.807, 2.05) is 23.8 Å². The van der Waals surface area contributed by atoms with Crippen LogP contribution in [0.25, 0.3) is 10.9 Å². The molecule has 0 aliphatic carbocycles. The Hall–Kier alpha value is -1.30. The maximum absolute atomic E-state index is 4.53. The Morgan fingerprint density at radius 3 is 2.90 bits per heavy atom. The summed E-state index contributed by atoms with van der Waals surface area (Å²) >= 11 is 5.29. The first-order valence-electron chi connectivity index (χ1n) is 6.94. The summed E-state index contributed by atoms with van der Waals surface area (Å²) in [6.45, 7) is 2.97. The predicted molar refractivity (Wildman–Crippen MR) is 91.4 cm³/mol. The number of pyridine rings is 1. The van der Waals surface area contributed by atoms with Crippen molar-refractivity contribution in [3.05, 3.63) is 57.1 Å². The molecule has 5 heteroatoms. The van der Waals surface area contributed by atoms with Gasteiger partial charge in [-0.2, -0.15) is 0 Å². The van der Waals surface area contributed by atoms with Gasteiger partial charge in [0.2, 0.25) is 0 Å². The smallest absolute Gasteiger partial charge is 0.109 e. The second-order valence-corrected chi connectivity index (χ2v) is 6.60. The van der Waals surface area contributed by atoms with Crippen molar-refractivity contribution in [1.82, 2.24) is 15.3 Å². The van der Waals surface area contributed by atoms with Gasteiger partial charge in [-0.15, -0.1) is 11.3 Å². The summed E-state index contributed by atoms with van der Waals surface area (Å²) in [6, 6.07) is 8.57. The molecule has 0 aliphatic rings. The highest BCUT2D eigenvalue weighted by molar-refractivity contribution is 9.10. The van der Waals surface area contributed by atoms with Crippen LogP contribution in [-0.4, -0.2) is 9.97 Å². The first kappa shape index (κ1) is 14.6. The van der Waals surface area contributed by atoms with E-state index in [4.69, 9.17) is 0 Å². The molecule has 0 fully saturated rings. The molecule has 0 bridgehead atoms. The molecule has 0 aliphatic heterocycles. The number of aromatic nitrogens is 2. The summed E-state index contributed by atoms with van der Waals surface area (Å²) in [5, 5.41) is 7.91. The summed E-state index contributed by atoms with van der Waals surface area (Å²) < 4.78 is 1.08. The van der Waals surface area contributed by atoms with Gasteiger partial charge in [-0.3, -0.25) is 4.98 Å². The molecular weight excluding hydrogens is 346 g/mol. The number of hydrogen-bond donors (Lipinski definition) is 1. The Bertz CT molecular complexity index is 727. The zero-order valence-electron chi connectivity index (χ0n) is 11.7. The van der Waals surface area contributed by atoms with E-state index in [9.17, 15) is 0 Å². The maximum Gasteiger partial charge on any atom is 0.109 e. The van der Waals surface area contributed by atoms with Crippen LogP contribution in [0.1, 0.15) is 30.0 Å². The third kappa shape index (κ3) is 3.15. The standard InChI is InChI=1S/C16H16BrN3S/c1-2-14(16-19-8-9-21-16)20-10-11-5-6-13(17)12-4-3-7-18-15(11)12/h3-9,14,20H,2,10H2,1H3. The molecule has 0 saturated heterocycles. The highest BCUT2D eigenvalue weighted by atomic mass is 79.9. The van der Waals surface area contributed by atoms with Gasteiger partial charge in [0.1, 0.15) is 5.01 Å². The van der Waals surface area contributed by atoms with Crippen LogP contribution in [0.3, 0.4) is 0 Å². The third-order valence-corrected chi connectivity index (χ3v) is 5.08. The van der Waals surface area contributed by atoms with E-state index >= 15 is 0 Å².